The number of hydrogen-bond donors (Lipinski definition) is 3. The highest BCUT2D eigenvalue weighted by molar-refractivity contribution is 5.96. The van der Waals surface area contributed by atoms with Gasteiger partial charge in [0.15, 0.2) is 5.78 Å². The van der Waals surface area contributed by atoms with Crippen LogP contribution < -0.4 is 10.6 Å². The first-order chi connectivity index (χ1) is 9.93. The number of carbonyl (C=O) groups is 3. The zero-order valence-corrected chi connectivity index (χ0v) is 11.8. The van der Waals surface area contributed by atoms with Gasteiger partial charge in [0.1, 0.15) is 5.54 Å². The van der Waals surface area contributed by atoms with Crippen molar-refractivity contribution in [3.05, 3.63) is 29.8 Å². The van der Waals surface area contributed by atoms with E-state index < -0.39 is 17.5 Å². The van der Waals surface area contributed by atoms with Gasteiger partial charge in [0, 0.05) is 11.3 Å². The monoisotopic (exact) mass is 290 g/mol. The first kappa shape index (κ1) is 15.0. The fourth-order valence-corrected chi connectivity index (χ4v) is 2.54. The first-order valence-corrected chi connectivity index (χ1v) is 6.86. The molecule has 0 aliphatic heterocycles. The third-order valence-corrected chi connectivity index (χ3v) is 3.77. The van der Waals surface area contributed by atoms with Crippen molar-refractivity contribution in [2.75, 3.05) is 5.32 Å². The van der Waals surface area contributed by atoms with E-state index in [9.17, 15) is 19.5 Å². The van der Waals surface area contributed by atoms with E-state index >= 15 is 0 Å². The summed E-state index contributed by atoms with van der Waals surface area (Å²) in [6, 6.07) is 5.90. The van der Waals surface area contributed by atoms with Gasteiger partial charge < -0.3 is 15.7 Å². The highest BCUT2D eigenvalue weighted by Gasteiger charge is 2.42. The van der Waals surface area contributed by atoms with E-state index in [1.807, 2.05) is 0 Å². The van der Waals surface area contributed by atoms with Gasteiger partial charge in [0.25, 0.3) is 0 Å². The molecule has 1 aromatic rings. The van der Waals surface area contributed by atoms with E-state index in [2.05, 4.69) is 10.6 Å². The van der Waals surface area contributed by atoms with E-state index in [1.54, 1.807) is 24.3 Å². The van der Waals surface area contributed by atoms with Gasteiger partial charge in [0.05, 0.1) is 0 Å². The molecule has 3 N–H and O–H groups in total. The van der Waals surface area contributed by atoms with Gasteiger partial charge in [-0.15, -0.1) is 0 Å². The van der Waals surface area contributed by atoms with Gasteiger partial charge in [-0.3, -0.25) is 4.79 Å². The lowest BCUT2D eigenvalue weighted by Gasteiger charge is -2.25. The van der Waals surface area contributed by atoms with Gasteiger partial charge in [-0.2, -0.15) is 0 Å². The van der Waals surface area contributed by atoms with Crippen LogP contribution in [0.25, 0.3) is 0 Å². The van der Waals surface area contributed by atoms with Crippen LogP contribution in [0.15, 0.2) is 24.3 Å². The molecular weight excluding hydrogens is 272 g/mol. The predicted octanol–water partition coefficient (Wildman–Crippen LogP) is 2.41. The lowest BCUT2D eigenvalue weighted by Crippen LogP contribution is -2.53. The Morgan fingerprint density at radius 2 is 1.67 bits per heavy atom. The number of amides is 2. The predicted molar refractivity (Wildman–Crippen MR) is 77.4 cm³/mol. The average molecular weight is 290 g/mol. The number of Topliss-reactive ketones (excluding diaryl/α,β-unsaturated/α-hetero) is 1. The molecule has 0 spiro atoms. The Hall–Kier alpha value is -2.37. The molecule has 112 valence electrons. The third-order valence-electron chi connectivity index (χ3n) is 3.77. The number of anilines is 1. The Morgan fingerprint density at radius 3 is 2.14 bits per heavy atom. The summed E-state index contributed by atoms with van der Waals surface area (Å²) in [5, 5.41) is 14.4. The van der Waals surface area contributed by atoms with Crippen LogP contribution in [0.4, 0.5) is 10.5 Å². The lowest BCUT2D eigenvalue weighted by atomic mass is 9.98. The van der Waals surface area contributed by atoms with Crippen LogP contribution in [0.5, 0.6) is 0 Å². The van der Waals surface area contributed by atoms with Gasteiger partial charge in [-0.05, 0) is 44.0 Å². The van der Waals surface area contributed by atoms with E-state index in [1.165, 1.54) is 6.92 Å². The summed E-state index contributed by atoms with van der Waals surface area (Å²) in [6.45, 7) is 1.46. The van der Waals surface area contributed by atoms with Crippen LogP contribution in [0.1, 0.15) is 43.0 Å². The first-order valence-electron chi connectivity index (χ1n) is 6.86. The molecule has 1 aromatic carbocycles. The van der Waals surface area contributed by atoms with Crippen molar-refractivity contribution in [1.29, 1.82) is 0 Å². The summed E-state index contributed by atoms with van der Waals surface area (Å²) in [5.74, 6) is -1.05. The van der Waals surface area contributed by atoms with E-state index in [0.717, 1.165) is 12.8 Å². The van der Waals surface area contributed by atoms with Crippen molar-refractivity contribution in [2.24, 2.45) is 0 Å². The van der Waals surface area contributed by atoms with Crippen LogP contribution in [0.3, 0.4) is 0 Å². The largest absolute Gasteiger partial charge is 0.480 e. The average Bonchev–Trinajstić information content (AvgIpc) is 2.89. The number of carbonyl (C=O) groups excluding carboxylic acids is 2. The fraction of sp³-hybridized carbons (Fsp3) is 0.400. The Balaban J connectivity index is 2.01. The second kappa shape index (κ2) is 5.95. The summed E-state index contributed by atoms with van der Waals surface area (Å²) in [6.07, 6.45) is 2.47. The molecule has 2 amide bonds. The zero-order valence-electron chi connectivity index (χ0n) is 11.8. The topological polar surface area (TPSA) is 95.5 Å². The Morgan fingerprint density at radius 1 is 1.10 bits per heavy atom. The Kier molecular flexibility index (Phi) is 4.26. The lowest BCUT2D eigenvalue weighted by molar-refractivity contribution is -0.144. The molecule has 0 unspecified atom stereocenters. The molecule has 1 saturated carbocycles. The van der Waals surface area contributed by atoms with E-state index in [0.29, 0.717) is 24.1 Å². The van der Waals surface area contributed by atoms with Crippen LogP contribution in [-0.4, -0.2) is 28.4 Å². The maximum Gasteiger partial charge on any atom is 0.329 e. The number of aliphatic carboxylic acids is 1. The van der Waals surface area contributed by atoms with Gasteiger partial charge in [-0.1, -0.05) is 12.8 Å². The van der Waals surface area contributed by atoms with E-state index in [-0.39, 0.29) is 5.78 Å². The van der Waals surface area contributed by atoms with E-state index in [4.69, 9.17) is 0 Å². The molecule has 0 bridgehead atoms. The van der Waals surface area contributed by atoms with Gasteiger partial charge in [0.2, 0.25) is 0 Å². The second-order valence-corrected chi connectivity index (χ2v) is 5.31. The molecule has 6 nitrogen and oxygen atoms in total. The van der Waals surface area contributed by atoms with Crippen LogP contribution in [0, 0.1) is 0 Å². The van der Waals surface area contributed by atoms with Crippen LogP contribution in [-0.2, 0) is 4.79 Å². The number of nitrogens with one attached hydrogen (secondary N) is 2. The van der Waals surface area contributed by atoms with Crippen molar-refractivity contribution in [3.63, 3.8) is 0 Å². The maximum absolute atomic E-state index is 11.9. The van der Waals surface area contributed by atoms with Gasteiger partial charge >= 0.3 is 12.0 Å². The second-order valence-electron chi connectivity index (χ2n) is 5.31. The highest BCUT2D eigenvalue weighted by atomic mass is 16.4. The normalized spacial score (nSPS) is 16.2. The smallest absolute Gasteiger partial charge is 0.329 e. The Labute approximate surface area is 122 Å². The maximum atomic E-state index is 11.9. The molecule has 6 heteroatoms. The summed E-state index contributed by atoms with van der Waals surface area (Å²) in [7, 11) is 0. The minimum atomic E-state index is -1.16. The number of hydrogen-bond acceptors (Lipinski definition) is 3. The molecule has 1 aliphatic rings. The van der Waals surface area contributed by atoms with Gasteiger partial charge in [-0.25, -0.2) is 9.59 Å². The van der Waals surface area contributed by atoms with Crippen LogP contribution >= 0.6 is 0 Å². The number of carboxylic acids is 1. The molecule has 2 rings (SSSR count). The number of carboxylic acid groups (broad SMARTS) is 1. The molecule has 0 radical (unpaired) electrons. The number of rotatable bonds is 4. The van der Waals surface area contributed by atoms with Crippen molar-refractivity contribution in [1.82, 2.24) is 5.32 Å². The third kappa shape index (κ3) is 3.39. The number of ketones is 1. The molecule has 0 heterocycles. The number of urea groups is 1. The molecule has 0 atom stereocenters. The SMILES string of the molecule is CC(=O)c1ccc(NC(=O)NC2(C(=O)O)CCCC2)cc1. The fourth-order valence-electron chi connectivity index (χ4n) is 2.54. The molecule has 21 heavy (non-hydrogen) atoms. The molecule has 1 aliphatic carbocycles. The summed E-state index contributed by atoms with van der Waals surface area (Å²) in [4.78, 5) is 34.5. The Bertz CT molecular complexity index is 560. The standard InChI is InChI=1S/C15H18N2O4/c1-10(18)11-4-6-12(7-5-11)16-14(21)17-15(13(19)20)8-2-3-9-15/h4-7H,2-3,8-9H2,1H3,(H,19,20)(H2,16,17,21). The number of benzene rings is 1. The summed E-state index contributed by atoms with van der Waals surface area (Å²) < 4.78 is 0. The molecule has 0 aromatic heterocycles. The van der Waals surface area contributed by atoms with Crippen molar-refractivity contribution < 1.29 is 19.5 Å². The zero-order chi connectivity index (χ0) is 15.5. The molecular formula is C15H18N2O4. The molecule has 1 fully saturated rings. The summed E-state index contributed by atoms with van der Waals surface area (Å²) >= 11 is 0. The highest BCUT2D eigenvalue weighted by Crippen LogP contribution is 2.30. The molecule has 0 saturated heterocycles. The minimum Gasteiger partial charge on any atom is -0.480 e. The minimum absolute atomic E-state index is 0.0539. The van der Waals surface area contributed by atoms with Crippen molar-refractivity contribution in [3.8, 4) is 0 Å². The van der Waals surface area contributed by atoms with Crippen LogP contribution in [0.2, 0.25) is 0 Å². The summed E-state index contributed by atoms with van der Waals surface area (Å²) in [5.41, 5.74) is -0.0987. The van der Waals surface area contributed by atoms with Crippen molar-refractivity contribution >= 4 is 23.5 Å². The quantitative estimate of drug-likeness (QED) is 0.742. The van der Waals surface area contributed by atoms with Crippen molar-refractivity contribution in [2.45, 2.75) is 38.1 Å².